The second kappa shape index (κ2) is 7.22. The summed E-state index contributed by atoms with van der Waals surface area (Å²) in [5.41, 5.74) is 4.13. The van der Waals surface area contributed by atoms with Crippen LogP contribution in [0.1, 0.15) is 41.4 Å². The van der Waals surface area contributed by atoms with E-state index in [0.717, 1.165) is 47.7 Å². The topological polar surface area (TPSA) is 91.7 Å². The third kappa shape index (κ3) is 3.42. The minimum Gasteiger partial charge on any atom is -0.334 e. The van der Waals surface area contributed by atoms with Crippen LogP contribution in [0.3, 0.4) is 0 Å². The zero-order valence-electron chi connectivity index (χ0n) is 15.5. The average Bonchev–Trinajstić information content (AvgIpc) is 3.41. The molecular weight excluding hydrogens is 342 g/mol. The summed E-state index contributed by atoms with van der Waals surface area (Å²) < 4.78 is 1.70. The van der Waals surface area contributed by atoms with Crippen LogP contribution in [0.25, 0.3) is 5.82 Å². The summed E-state index contributed by atoms with van der Waals surface area (Å²) in [6.07, 6.45) is 7.25. The molecule has 4 heterocycles. The molecule has 2 N–H and O–H groups in total. The molecule has 8 heteroatoms. The maximum absolute atomic E-state index is 12.8. The van der Waals surface area contributed by atoms with Gasteiger partial charge in [-0.05, 0) is 50.5 Å². The van der Waals surface area contributed by atoms with E-state index in [1.54, 1.807) is 17.1 Å². The molecule has 1 aliphatic heterocycles. The largest absolute Gasteiger partial charge is 0.334 e. The summed E-state index contributed by atoms with van der Waals surface area (Å²) in [5.74, 6) is 0.732. The highest BCUT2D eigenvalue weighted by Gasteiger charge is 2.32. The van der Waals surface area contributed by atoms with E-state index in [0.29, 0.717) is 6.54 Å². The van der Waals surface area contributed by atoms with Gasteiger partial charge >= 0.3 is 6.03 Å². The molecule has 3 aromatic rings. The molecule has 27 heavy (non-hydrogen) atoms. The fraction of sp³-hybridized carbons (Fsp3) is 0.368. The Hall–Kier alpha value is -3.16. The first kappa shape index (κ1) is 17.3. The first-order valence-electron chi connectivity index (χ1n) is 9.14. The van der Waals surface area contributed by atoms with E-state index in [-0.39, 0.29) is 12.1 Å². The molecule has 2 amide bonds. The van der Waals surface area contributed by atoms with Gasteiger partial charge in [0.15, 0.2) is 5.82 Å². The van der Waals surface area contributed by atoms with Crippen molar-refractivity contribution in [3.63, 3.8) is 0 Å². The van der Waals surface area contributed by atoms with Gasteiger partial charge in [-0.25, -0.2) is 14.5 Å². The Morgan fingerprint density at radius 1 is 1.37 bits per heavy atom. The Balaban J connectivity index is 1.44. The molecule has 0 bridgehead atoms. The van der Waals surface area contributed by atoms with Crippen LogP contribution < -0.4 is 5.32 Å². The number of hydrogen-bond donors (Lipinski definition) is 2. The molecule has 0 spiro atoms. The standard InChI is InChI=1S/C19H23N7O/c1-13-18(14(2)24-23-13)16-5-3-9-25(16)19(27)21-12-15-6-8-20-17(11-15)26-10-4-7-22-26/h4,6-8,10-11,16H,3,5,9,12H2,1-2H3,(H,21,27)(H,23,24). The lowest BCUT2D eigenvalue weighted by molar-refractivity contribution is 0.192. The van der Waals surface area contributed by atoms with Crippen molar-refractivity contribution in [3.8, 4) is 5.82 Å². The number of nitrogens with one attached hydrogen (secondary N) is 2. The smallest absolute Gasteiger partial charge is 0.318 e. The number of hydrogen-bond acceptors (Lipinski definition) is 4. The molecule has 0 aromatic carbocycles. The van der Waals surface area contributed by atoms with E-state index < -0.39 is 0 Å². The summed E-state index contributed by atoms with van der Waals surface area (Å²) >= 11 is 0. The van der Waals surface area contributed by atoms with Gasteiger partial charge in [0.2, 0.25) is 0 Å². The summed E-state index contributed by atoms with van der Waals surface area (Å²) in [6, 6.07) is 5.72. The highest BCUT2D eigenvalue weighted by Crippen LogP contribution is 2.34. The van der Waals surface area contributed by atoms with Gasteiger partial charge in [-0.3, -0.25) is 5.10 Å². The molecule has 0 radical (unpaired) electrons. The SMILES string of the molecule is Cc1n[nH]c(C)c1C1CCCN1C(=O)NCc1ccnc(-n2cccn2)c1. The van der Waals surface area contributed by atoms with Gasteiger partial charge in [0.05, 0.1) is 11.7 Å². The lowest BCUT2D eigenvalue weighted by atomic mass is 10.0. The van der Waals surface area contributed by atoms with Crippen molar-refractivity contribution in [3.05, 3.63) is 59.3 Å². The maximum Gasteiger partial charge on any atom is 0.318 e. The molecule has 1 unspecified atom stereocenters. The molecule has 4 rings (SSSR count). The average molecular weight is 365 g/mol. The summed E-state index contributed by atoms with van der Waals surface area (Å²) in [6.45, 7) is 5.20. The van der Waals surface area contributed by atoms with Crippen LogP contribution in [0.2, 0.25) is 0 Å². The number of nitrogens with zero attached hydrogens (tertiary/aromatic N) is 5. The number of urea groups is 1. The molecule has 140 valence electrons. The van der Waals surface area contributed by atoms with Crippen LogP contribution in [0, 0.1) is 13.8 Å². The van der Waals surface area contributed by atoms with Crippen molar-refractivity contribution in [2.45, 2.75) is 39.3 Å². The highest BCUT2D eigenvalue weighted by atomic mass is 16.2. The monoisotopic (exact) mass is 365 g/mol. The van der Waals surface area contributed by atoms with Gasteiger partial charge in [0, 0.05) is 42.9 Å². The number of likely N-dealkylation sites (tertiary alicyclic amines) is 1. The van der Waals surface area contributed by atoms with Crippen molar-refractivity contribution in [1.82, 2.24) is 35.2 Å². The molecular formula is C19H23N7O. The molecule has 1 aliphatic rings. The van der Waals surface area contributed by atoms with E-state index >= 15 is 0 Å². The van der Waals surface area contributed by atoms with Crippen LogP contribution in [0.4, 0.5) is 4.79 Å². The van der Waals surface area contributed by atoms with Crippen LogP contribution >= 0.6 is 0 Å². The van der Waals surface area contributed by atoms with Crippen LogP contribution in [-0.2, 0) is 6.54 Å². The number of pyridine rings is 1. The van der Waals surface area contributed by atoms with Crippen LogP contribution in [0.15, 0.2) is 36.8 Å². The van der Waals surface area contributed by atoms with E-state index in [9.17, 15) is 4.79 Å². The van der Waals surface area contributed by atoms with Crippen molar-refractivity contribution in [2.24, 2.45) is 0 Å². The van der Waals surface area contributed by atoms with E-state index in [2.05, 4.69) is 25.6 Å². The van der Waals surface area contributed by atoms with E-state index in [1.807, 2.05) is 43.1 Å². The lowest BCUT2D eigenvalue weighted by Gasteiger charge is -2.25. The number of carbonyl (C=O) groups excluding carboxylic acids is 1. The fourth-order valence-corrected chi connectivity index (χ4v) is 3.74. The third-order valence-corrected chi connectivity index (χ3v) is 5.02. The molecule has 1 atom stereocenters. The van der Waals surface area contributed by atoms with Gasteiger partial charge in [0.1, 0.15) is 0 Å². The Kier molecular flexibility index (Phi) is 4.62. The molecule has 0 saturated carbocycles. The van der Waals surface area contributed by atoms with E-state index in [1.165, 1.54) is 0 Å². The number of rotatable bonds is 4. The summed E-state index contributed by atoms with van der Waals surface area (Å²) in [4.78, 5) is 19.0. The van der Waals surface area contributed by atoms with Crippen molar-refractivity contribution >= 4 is 6.03 Å². The zero-order chi connectivity index (χ0) is 18.8. The molecule has 8 nitrogen and oxygen atoms in total. The fourth-order valence-electron chi connectivity index (χ4n) is 3.74. The Morgan fingerprint density at radius 2 is 2.26 bits per heavy atom. The van der Waals surface area contributed by atoms with Gasteiger partial charge in [-0.15, -0.1) is 0 Å². The predicted molar refractivity (Wildman–Crippen MR) is 100 cm³/mol. The second-order valence-corrected chi connectivity index (χ2v) is 6.83. The third-order valence-electron chi connectivity index (χ3n) is 5.02. The van der Waals surface area contributed by atoms with Gasteiger partial charge in [-0.1, -0.05) is 0 Å². The zero-order valence-corrected chi connectivity index (χ0v) is 15.5. The Morgan fingerprint density at radius 3 is 3.00 bits per heavy atom. The lowest BCUT2D eigenvalue weighted by Crippen LogP contribution is -2.39. The first-order valence-corrected chi connectivity index (χ1v) is 9.14. The molecule has 3 aromatic heterocycles. The highest BCUT2D eigenvalue weighted by molar-refractivity contribution is 5.75. The summed E-state index contributed by atoms with van der Waals surface area (Å²) in [7, 11) is 0. The Bertz CT molecular complexity index is 912. The second-order valence-electron chi connectivity index (χ2n) is 6.83. The molecule has 0 aliphatic carbocycles. The van der Waals surface area contributed by atoms with Gasteiger partial charge < -0.3 is 10.2 Å². The minimum absolute atomic E-state index is 0.0463. The van der Waals surface area contributed by atoms with E-state index in [4.69, 9.17) is 0 Å². The number of aromatic nitrogens is 5. The predicted octanol–water partition coefficient (Wildman–Crippen LogP) is 2.65. The molecule has 1 saturated heterocycles. The quantitative estimate of drug-likeness (QED) is 0.743. The number of H-pyrrole nitrogens is 1. The van der Waals surface area contributed by atoms with Crippen molar-refractivity contribution in [1.29, 1.82) is 0 Å². The maximum atomic E-state index is 12.8. The minimum atomic E-state index is -0.0463. The van der Waals surface area contributed by atoms with Crippen molar-refractivity contribution in [2.75, 3.05) is 6.54 Å². The van der Waals surface area contributed by atoms with Crippen LogP contribution in [-0.4, -0.2) is 42.4 Å². The number of aromatic amines is 1. The number of aryl methyl sites for hydroxylation is 2. The normalized spacial score (nSPS) is 16.7. The molecule has 1 fully saturated rings. The first-order chi connectivity index (χ1) is 13.1. The number of amides is 2. The van der Waals surface area contributed by atoms with Gasteiger partial charge in [0.25, 0.3) is 0 Å². The van der Waals surface area contributed by atoms with Gasteiger partial charge in [-0.2, -0.15) is 10.2 Å². The summed E-state index contributed by atoms with van der Waals surface area (Å²) in [5, 5.41) is 14.5. The Labute approximate surface area is 157 Å². The van der Waals surface area contributed by atoms with Crippen molar-refractivity contribution < 1.29 is 4.79 Å². The van der Waals surface area contributed by atoms with Crippen LogP contribution in [0.5, 0.6) is 0 Å². The number of carbonyl (C=O) groups is 1.